The average molecular weight is 441 g/mol. The molecule has 0 saturated carbocycles. The van der Waals surface area contributed by atoms with Crippen molar-refractivity contribution in [1.82, 2.24) is 15.0 Å². The predicted molar refractivity (Wildman–Crippen MR) is 118 cm³/mol. The molecule has 0 spiro atoms. The Balaban J connectivity index is 1.24. The summed E-state index contributed by atoms with van der Waals surface area (Å²) in [6.45, 7) is 6.01. The lowest BCUT2D eigenvalue weighted by Gasteiger charge is -2.35. The summed E-state index contributed by atoms with van der Waals surface area (Å²) in [5.74, 6) is 2.20. The van der Waals surface area contributed by atoms with Gasteiger partial charge in [-0.1, -0.05) is 12.1 Å². The van der Waals surface area contributed by atoms with Crippen molar-refractivity contribution >= 4 is 39.7 Å². The maximum absolute atomic E-state index is 12.6. The van der Waals surface area contributed by atoms with E-state index >= 15 is 0 Å². The number of aryl methyl sites for hydroxylation is 1. The summed E-state index contributed by atoms with van der Waals surface area (Å²) in [6, 6.07) is 8.50. The quantitative estimate of drug-likeness (QED) is 0.600. The van der Waals surface area contributed by atoms with Crippen LogP contribution >= 0.6 is 0 Å². The highest BCUT2D eigenvalue weighted by Crippen LogP contribution is 2.33. The number of piperazine rings is 1. The Morgan fingerprint density at radius 2 is 1.65 bits per heavy atom. The molecule has 0 aliphatic carbocycles. The molecule has 31 heavy (non-hydrogen) atoms. The number of morpholine rings is 1. The third kappa shape index (κ3) is 3.43. The minimum absolute atomic E-state index is 0.635. The molecule has 3 aliphatic heterocycles. The lowest BCUT2D eigenvalue weighted by Crippen LogP contribution is -2.47. The van der Waals surface area contributed by atoms with Gasteiger partial charge in [0, 0.05) is 51.4 Å². The van der Waals surface area contributed by atoms with Crippen molar-refractivity contribution in [2.45, 2.75) is 11.3 Å². The second kappa shape index (κ2) is 7.76. The first-order valence-corrected chi connectivity index (χ1v) is 12.1. The molecule has 2 saturated heterocycles. The fourth-order valence-corrected chi connectivity index (χ4v) is 5.76. The molecule has 0 N–H and O–H groups in total. The number of hydrogen-bond acceptors (Lipinski definition) is 9. The van der Waals surface area contributed by atoms with Crippen molar-refractivity contribution in [3.05, 3.63) is 30.0 Å². The Morgan fingerprint density at radius 1 is 0.871 bits per heavy atom. The third-order valence-electron chi connectivity index (χ3n) is 6.08. The molecule has 0 radical (unpaired) electrons. The van der Waals surface area contributed by atoms with Gasteiger partial charge in [-0.3, -0.25) is 4.21 Å². The summed E-state index contributed by atoms with van der Waals surface area (Å²) in [7, 11) is -1.02. The zero-order valence-electron chi connectivity index (χ0n) is 17.2. The molecule has 0 amide bonds. The fourth-order valence-electron chi connectivity index (χ4n) is 4.39. The van der Waals surface area contributed by atoms with Crippen LogP contribution in [-0.4, -0.2) is 77.4 Å². The number of fused-ring (bicyclic) bond motifs is 2. The van der Waals surface area contributed by atoms with Gasteiger partial charge in [0.2, 0.25) is 5.95 Å². The molecule has 5 heterocycles. The first-order chi connectivity index (χ1) is 15.3. The van der Waals surface area contributed by atoms with E-state index in [1.807, 2.05) is 24.3 Å². The molecular formula is C21H24N6O3S. The average Bonchev–Trinajstić information content (AvgIpc) is 3.43. The van der Waals surface area contributed by atoms with E-state index in [1.165, 1.54) is 0 Å². The minimum Gasteiger partial charge on any atom is -0.423 e. The number of rotatable bonds is 3. The highest BCUT2D eigenvalue weighted by Gasteiger charge is 2.31. The van der Waals surface area contributed by atoms with Gasteiger partial charge in [0.25, 0.3) is 6.01 Å². The molecule has 3 aliphatic rings. The molecular weight excluding hydrogens is 416 g/mol. The SMILES string of the molecule is O=[S@@]1CCc2nc(N3CCN(c4nc5ccccc5o4)CC3)nc(N3CCOCC3)c21. The van der Waals surface area contributed by atoms with Gasteiger partial charge < -0.3 is 23.9 Å². The fraction of sp³-hybridized carbons (Fsp3) is 0.476. The summed E-state index contributed by atoms with van der Waals surface area (Å²) in [6.07, 6.45) is 0.748. The Morgan fingerprint density at radius 3 is 2.45 bits per heavy atom. The zero-order valence-corrected chi connectivity index (χ0v) is 18.0. The van der Waals surface area contributed by atoms with Crippen LogP contribution in [0, 0.1) is 0 Å². The Labute approximate surface area is 182 Å². The molecule has 0 bridgehead atoms. The summed E-state index contributed by atoms with van der Waals surface area (Å²) in [5.41, 5.74) is 2.63. The largest absolute Gasteiger partial charge is 0.423 e. The van der Waals surface area contributed by atoms with E-state index in [0.717, 1.165) is 79.1 Å². The van der Waals surface area contributed by atoms with E-state index < -0.39 is 10.8 Å². The molecule has 6 rings (SSSR count). The van der Waals surface area contributed by atoms with Gasteiger partial charge in [0.1, 0.15) is 10.4 Å². The molecule has 0 unspecified atom stereocenters. The van der Waals surface area contributed by atoms with E-state index in [4.69, 9.17) is 19.1 Å². The standard InChI is InChI=1S/C21H24N6O3S/c28-31-14-5-16-18(31)19(25-10-12-29-13-11-25)24-20(22-16)26-6-8-27(9-7-26)21-23-15-3-1-2-4-17(15)30-21/h1-4H,5-14H2/t31-/m1/s1. The second-order valence-electron chi connectivity index (χ2n) is 7.96. The molecule has 162 valence electrons. The third-order valence-corrected chi connectivity index (χ3v) is 7.53. The van der Waals surface area contributed by atoms with Crippen LogP contribution in [0.3, 0.4) is 0 Å². The highest BCUT2D eigenvalue weighted by atomic mass is 32.2. The van der Waals surface area contributed by atoms with Crippen LogP contribution in [0.2, 0.25) is 0 Å². The summed E-state index contributed by atoms with van der Waals surface area (Å²) >= 11 is 0. The number of nitrogens with zero attached hydrogens (tertiary/aromatic N) is 6. The number of ether oxygens (including phenoxy) is 1. The Hall–Kier alpha value is -2.72. The zero-order chi connectivity index (χ0) is 20.8. The number of aromatic nitrogens is 3. The predicted octanol–water partition coefficient (Wildman–Crippen LogP) is 1.44. The topological polar surface area (TPSA) is 87.8 Å². The van der Waals surface area contributed by atoms with Gasteiger partial charge in [-0.2, -0.15) is 9.97 Å². The normalized spacial score (nSPS) is 21.7. The van der Waals surface area contributed by atoms with Gasteiger partial charge in [0.05, 0.1) is 29.7 Å². The van der Waals surface area contributed by atoms with Crippen molar-refractivity contribution in [3.63, 3.8) is 0 Å². The van der Waals surface area contributed by atoms with Crippen LogP contribution in [0.4, 0.5) is 17.8 Å². The van der Waals surface area contributed by atoms with Crippen molar-refractivity contribution in [1.29, 1.82) is 0 Å². The van der Waals surface area contributed by atoms with E-state index in [2.05, 4.69) is 19.7 Å². The van der Waals surface area contributed by atoms with Gasteiger partial charge in [-0.05, 0) is 12.1 Å². The first kappa shape index (κ1) is 19.0. The van der Waals surface area contributed by atoms with Gasteiger partial charge >= 0.3 is 0 Å². The monoisotopic (exact) mass is 440 g/mol. The second-order valence-corrected chi connectivity index (χ2v) is 9.47. The van der Waals surface area contributed by atoms with Gasteiger partial charge in [0.15, 0.2) is 11.4 Å². The molecule has 2 fully saturated rings. The van der Waals surface area contributed by atoms with Crippen LogP contribution in [-0.2, 0) is 22.0 Å². The van der Waals surface area contributed by atoms with Crippen LogP contribution < -0.4 is 14.7 Å². The van der Waals surface area contributed by atoms with Crippen molar-refractivity contribution < 1.29 is 13.4 Å². The van der Waals surface area contributed by atoms with Crippen LogP contribution in [0.1, 0.15) is 5.69 Å². The summed E-state index contributed by atoms with van der Waals surface area (Å²) in [5, 5.41) is 0. The van der Waals surface area contributed by atoms with Crippen molar-refractivity contribution in [2.24, 2.45) is 0 Å². The molecule has 10 heteroatoms. The van der Waals surface area contributed by atoms with E-state index in [0.29, 0.717) is 25.0 Å². The summed E-state index contributed by atoms with van der Waals surface area (Å²) in [4.78, 5) is 21.8. The highest BCUT2D eigenvalue weighted by molar-refractivity contribution is 7.85. The maximum atomic E-state index is 12.6. The van der Waals surface area contributed by atoms with Crippen molar-refractivity contribution in [2.75, 3.05) is 72.9 Å². The maximum Gasteiger partial charge on any atom is 0.298 e. The molecule has 1 aromatic carbocycles. The number of oxazole rings is 1. The van der Waals surface area contributed by atoms with Gasteiger partial charge in [-0.25, -0.2) is 4.98 Å². The number of hydrogen-bond donors (Lipinski definition) is 0. The number of benzene rings is 1. The van der Waals surface area contributed by atoms with Crippen LogP contribution in [0.25, 0.3) is 11.1 Å². The first-order valence-electron chi connectivity index (χ1n) is 10.7. The van der Waals surface area contributed by atoms with E-state index in [9.17, 15) is 4.21 Å². The van der Waals surface area contributed by atoms with Crippen molar-refractivity contribution in [3.8, 4) is 0 Å². The molecule has 3 aromatic rings. The molecule has 9 nitrogen and oxygen atoms in total. The number of para-hydroxylation sites is 2. The number of anilines is 3. The van der Waals surface area contributed by atoms with Crippen LogP contribution in [0.5, 0.6) is 0 Å². The summed E-state index contributed by atoms with van der Waals surface area (Å²) < 4.78 is 24.1. The van der Waals surface area contributed by atoms with E-state index in [1.54, 1.807) is 0 Å². The smallest absolute Gasteiger partial charge is 0.298 e. The molecule has 2 aromatic heterocycles. The van der Waals surface area contributed by atoms with Crippen LogP contribution in [0.15, 0.2) is 33.6 Å². The Kier molecular flexibility index (Phi) is 4.76. The van der Waals surface area contributed by atoms with Gasteiger partial charge in [-0.15, -0.1) is 0 Å². The Bertz CT molecular complexity index is 1100. The lowest BCUT2D eigenvalue weighted by molar-refractivity contribution is 0.122. The van der Waals surface area contributed by atoms with E-state index in [-0.39, 0.29) is 0 Å². The minimum atomic E-state index is -1.02. The lowest BCUT2D eigenvalue weighted by atomic mass is 10.3. The molecule has 1 atom stereocenters.